The topological polar surface area (TPSA) is 125 Å². The van der Waals surface area contributed by atoms with Gasteiger partial charge in [-0.05, 0) is 68.1 Å². The second kappa shape index (κ2) is 10.9. The van der Waals surface area contributed by atoms with Crippen molar-refractivity contribution in [3.63, 3.8) is 0 Å². The fourth-order valence-corrected chi connectivity index (χ4v) is 5.91. The zero-order valence-corrected chi connectivity index (χ0v) is 23.1. The van der Waals surface area contributed by atoms with Gasteiger partial charge in [0.15, 0.2) is 12.2 Å². The Morgan fingerprint density at radius 1 is 1.14 bits per heavy atom. The van der Waals surface area contributed by atoms with Crippen LogP contribution in [0, 0.1) is 6.92 Å². The van der Waals surface area contributed by atoms with Crippen LogP contribution in [0.15, 0.2) is 58.2 Å². The first-order valence-electron chi connectivity index (χ1n) is 13.8. The molecule has 43 heavy (non-hydrogen) atoms. The Labute approximate surface area is 243 Å². The summed E-state index contributed by atoms with van der Waals surface area (Å²) in [7, 11) is 0. The molecule has 2 aromatic heterocycles. The number of alkyl halides is 3. The summed E-state index contributed by atoms with van der Waals surface area (Å²) in [6, 6.07) is 8.90. The standard InChI is InChI=1S/C30H28F3N5O5/c1-17-9-18(25-13-34-16-43-25)11-19(10-17)27-22-3-2-7-37(15-26(40)41)28(22)29(42)38(35-27)24-12-20(36-8-6-21(39)14-36)4-5-23(24)30(31,32)33/h4-5,9-13,16,21,39H,2-3,6-8,14-15H2,1H3,(H,40,41)/t21-/m0/s1. The van der Waals surface area contributed by atoms with E-state index in [1.807, 2.05) is 13.0 Å². The third-order valence-electron chi connectivity index (χ3n) is 7.77. The zero-order chi connectivity index (χ0) is 30.5. The summed E-state index contributed by atoms with van der Waals surface area (Å²) in [5.41, 5.74) is 0.751. The third kappa shape index (κ3) is 5.47. The molecule has 4 aromatic rings. The van der Waals surface area contributed by atoms with Gasteiger partial charge in [0.25, 0.3) is 5.56 Å². The highest BCUT2D eigenvalue weighted by Crippen LogP contribution is 2.39. The Kier molecular flexibility index (Phi) is 7.20. The molecule has 0 aliphatic carbocycles. The first kappa shape index (κ1) is 28.5. The van der Waals surface area contributed by atoms with Gasteiger partial charge in [0.2, 0.25) is 0 Å². The van der Waals surface area contributed by atoms with E-state index in [-0.39, 0.29) is 24.5 Å². The van der Waals surface area contributed by atoms with Crippen molar-refractivity contribution in [1.29, 1.82) is 0 Å². The van der Waals surface area contributed by atoms with Crippen LogP contribution in [0.1, 0.15) is 29.5 Å². The van der Waals surface area contributed by atoms with Gasteiger partial charge in [0.1, 0.15) is 12.2 Å². The molecular formula is C30H28F3N5O5. The maximum atomic E-state index is 14.4. The smallest absolute Gasteiger partial charge is 0.418 e. The van der Waals surface area contributed by atoms with Crippen molar-refractivity contribution in [3.8, 4) is 28.3 Å². The van der Waals surface area contributed by atoms with Crippen molar-refractivity contribution in [2.75, 3.05) is 36.0 Å². The molecule has 0 radical (unpaired) electrons. The molecule has 0 saturated carbocycles. The highest BCUT2D eigenvalue weighted by molar-refractivity contribution is 5.79. The number of carboxylic acids is 1. The lowest BCUT2D eigenvalue weighted by molar-refractivity contribution is -0.137. The number of halogens is 3. The highest BCUT2D eigenvalue weighted by Gasteiger charge is 2.37. The first-order valence-corrected chi connectivity index (χ1v) is 13.8. The minimum Gasteiger partial charge on any atom is -0.480 e. The van der Waals surface area contributed by atoms with Crippen molar-refractivity contribution >= 4 is 17.3 Å². The van der Waals surface area contributed by atoms with Crippen molar-refractivity contribution in [2.24, 2.45) is 0 Å². The number of aliphatic hydroxyl groups excluding tert-OH is 1. The van der Waals surface area contributed by atoms with E-state index in [4.69, 9.17) is 4.42 Å². The largest absolute Gasteiger partial charge is 0.480 e. The maximum Gasteiger partial charge on any atom is 0.418 e. The number of hydrogen-bond donors (Lipinski definition) is 2. The van der Waals surface area contributed by atoms with Crippen LogP contribution in [0.25, 0.3) is 28.3 Å². The predicted molar refractivity (Wildman–Crippen MR) is 152 cm³/mol. The van der Waals surface area contributed by atoms with E-state index in [1.165, 1.54) is 29.6 Å². The van der Waals surface area contributed by atoms with Crippen LogP contribution in [0.3, 0.4) is 0 Å². The van der Waals surface area contributed by atoms with E-state index in [0.717, 1.165) is 16.3 Å². The summed E-state index contributed by atoms with van der Waals surface area (Å²) in [5, 5.41) is 24.2. The van der Waals surface area contributed by atoms with Crippen molar-refractivity contribution in [2.45, 2.75) is 38.5 Å². The van der Waals surface area contributed by atoms with E-state index >= 15 is 0 Å². The first-order chi connectivity index (χ1) is 20.5. The van der Waals surface area contributed by atoms with Crippen LogP contribution in [-0.4, -0.2) is 63.2 Å². The van der Waals surface area contributed by atoms with Crippen LogP contribution in [0.2, 0.25) is 0 Å². The van der Waals surface area contributed by atoms with Crippen LogP contribution >= 0.6 is 0 Å². The van der Waals surface area contributed by atoms with Gasteiger partial charge in [-0.15, -0.1) is 0 Å². The number of benzene rings is 2. The van der Waals surface area contributed by atoms with Crippen molar-refractivity contribution < 1.29 is 32.6 Å². The molecule has 0 bridgehead atoms. The molecule has 1 fully saturated rings. The van der Waals surface area contributed by atoms with Crippen LogP contribution in [-0.2, 0) is 17.4 Å². The lowest BCUT2D eigenvalue weighted by Gasteiger charge is -2.31. The van der Waals surface area contributed by atoms with Gasteiger partial charge in [0, 0.05) is 42.0 Å². The van der Waals surface area contributed by atoms with E-state index in [0.29, 0.717) is 53.9 Å². The fourth-order valence-electron chi connectivity index (χ4n) is 5.91. The van der Waals surface area contributed by atoms with Gasteiger partial charge < -0.3 is 24.4 Å². The highest BCUT2D eigenvalue weighted by atomic mass is 19.4. The lowest BCUT2D eigenvalue weighted by atomic mass is 9.95. The molecule has 10 nitrogen and oxygen atoms in total. The van der Waals surface area contributed by atoms with E-state index in [9.17, 15) is 33.0 Å². The predicted octanol–water partition coefficient (Wildman–Crippen LogP) is 4.29. The number of oxazole rings is 1. The summed E-state index contributed by atoms with van der Waals surface area (Å²) < 4.78 is 49.4. The number of aromatic nitrogens is 3. The summed E-state index contributed by atoms with van der Waals surface area (Å²) in [6.07, 6.45) is -1.25. The van der Waals surface area contributed by atoms with Crippen LogP contribution in [0.5, 0.6) is 0 Å². The van der Waals surface area contributed by atoms with E-state index < -0.39 is 41.6 Å². The molecule has 0 unspecified atom stereocenters. The minimum absolute atomic E-state index is 0.0106. The molecule has 224 valence electrons. The molecule has 2 aromatic carbocycles. The van der Waals surface area contributed by atoms with Gasteiger partial charge in [-0.1, -0.05) is 0 Å². The zero-order valence-electron chi connectivity index (χ0n) is 23.1. The normalized spacial score (nSPS) is 16.9. The molecule has 2 N–H and O–H groups in total. The number of nitrogens with zero attached hydrogens (tertiary/aromatic N) is 5. The van der Waals surface area contributed by atoms with Gasteiger partial charge >= 0.3 is 12.1 Å². The number of rotatable bonds is 6. The van der Waals surface area contributed by atoms with Crippen LogP contribution in [0.4, 0.5) is 24.5 Å². The number of aliphatic hydroxyl groups is 1. The number of carbonyl (C=O) groups is 1. The number of aryl methyl sites for hydroxylation is 1. The Bertz CT molecular complexity index is 1750. The van der Waals surface area contributed by atoms with Gasteiger partial charge in [-0.3, -0.25) is 9.59 Å². The summed E-state index contributed by atoms with van der Waals surface area (Å²) >= 11 is 0. The average molecular weight is 596 g/mol. The van der Waals surface area contributed by atoms with Gasteiger partial charge in [-0.2, -0.15) is 23.0 Å². The third-order valence-corrected chi connectivity index (χ3v) is 7.77. The summed E-state index contributed by atoms with van der Waals surface area (Å²) in [4.78, 5) is 33.0. The second-order valence-corrected chi connectivity index (χ2v) is 10.9. The SMILES string of the molecule is Cc1cc(-c2cnco2)cc(-c2nn(-c3cc(N4CC[C@H](O)C4)ccc3C(F)(F)F)c(=O)c3c2CCCN3CC(=O)O)c1. The minimum atomic E-state index is -4.82. The number of hydrogen-bond acceptors (Lipinski definition) is 8. The lowest BCUT2D eigenvalue weighted by Crippen LogP contribution is -2.41. The molecule has 13 heteroatoms. The quantitative estimate of drug-likeness (QED) is 0.336. The molecule has 2 aliphatic heterocycles. The molecule has 2 aliphatic rings. The van der Waals surface area contributed by atoms with E-state index in [2.05, 4.69) is 10.1 Å². The number of β-amino-alcohol motifs (C(OH)–C–C–N with tert-alkyl or cyclic N) is 1. The monoisotopic (exact) mass is 595 g/mol. The van der Waals surface area contributed by atoms with Crippen molar-refractivity contribution in [3.05, 3.63) is 76.0 Å². The molecule has 0 spiro atoms. The molecule has 1 atom stereocenters. The molecule has 6 rings (SSSR count). The van der Waals surface area contributed by atoms with Gasteiger partial charge in [-0.25, -0.2) is 4.98 Å². The molecule has 0 amide bonds. The maximum absolute atomic E-state index is 14.4. The Morgan fingerprint density at radius 3 is 2.60 bits per heavy atom. The molecule has 4 heterocycles. The molecule has 1 saturated heterocycles. The Morgan fingerprint density at radius 2 is 1.93 bits per heavy atom. The number of fused-ring (bicyclic) bond motifs is 1. The number of carboxylic acid groups (broad SMARTS) is 1. The number of anilines is 2. The second-order valence-electron chi connectivity index (χ2n) is 10.9. The van der Waals surface area contributed by atoms with Crippen molar-refractivity contribution in [1.82, 2.24) is 14.8 Å². The van der Waals surface area contributed by atoms with Crippen LogP contribution < -0.4 is 15.4 Å². The Hall–Kier alpha value is -4.65. The average Bonchev–Trinajstić information content (AvgIpc) is 3.64. The van der Waals surface area contributed by atoms with Gasteiger partial charge in [0.05, 0.1) is 29.2 Å². The van der Waals surface area contributed by atoms with E-state index in [1.54, 1.807) is 17.0 Å². The Balaban J connectivity index is 1.63. The molecular weight excluding hydrogens is 567 g/mol. The summed E-state index contributed by atoms with van der Waals surface area (Å²) in [5.74, 6) is -0.703. The summed E-state index contributed by atoms with van der Waals surface area (Å²) in [6.45, 7) is 2.26. The fraction of sp³-hybridized carbons (Fsp3) is 0.333. The number of aliphatic carboxylic acids is 1.